The van der Waals surface area contributed by atoms with Crippen LogP contribution in [-0.2, 0) is 4.79 Å². The number of aromatic nitrogens is 2. The first-order chi connectivity index (χ1) is 12.7. The van der Waals surface area contributed by atoms with Crippen molar-refractivity contribution in [3.8, 4) is 5.69 Å². The number of rotatable bonds is 4. The van der Waals surface area contributed by atoms with Crippen molar-refractivity contribution in [1.82, 2.24) is 14.9 Å². The number of thioether (sulfide) groups is 1. The van der Waals surface area contributed by atoms with Crippen molar-refractivity contribution in [2.24, 2.45) is 0 Å². The number of carbonyl (C=O) groups is 1. The van der Waals surface area contributed by atoms with Crippen molar-refractivity contribution < 1.29 is 4.79 Å². The number of fused-ring (bicyclic) bond motifs is 1. The van der Waals surface area contributed by atoms with E-state index in [0.29, 0.717) is 26.8 Å². The molecule has 0 atom stereocenters. The minimum Gasteiger partial charge on any atom is -0.351 e. The monoisotopic (exact) mass is 401 g/mol. The molecule has 0 fully saturated rings. The molecule has 0 unspecified atom stereocenters. The summed E-state index contributed by atoms with van der Waals surface area (Å²) in [6.45, 7) is 5.77. The highest BCUT2D eigenvalue weighted by atomic mass is 35.5. The van der Waals surface area contributed by atoms with Crippen molar-refractivity contribution >= 4 is 40.2 Å². The fourth-order valence-electron chi connectivity index (χ4n) is 2.61. The summed E-state index contributed by atoms with van der Waals surface area (Å²) in [6.07, 6.45) is 0. The number of amides is 1. The second kappa shape index (κ2) is 7.74. The molecule has 7 heteroatoms. The molecule has 1 amide bonds. The van der Waals surface area contributed by atoms with Gasteiger partial charge in [-0.05, 0) is 57.2 Å². The summed E-state index contributed by atoms with van der Waals surface area (Å²) < 4.78 is 1.52. The summed E-state index contributed by atoms with van der Waals surface area (Å²) in [5.74, 6) is 0.0490. The van der Waals surface area contributed by atoms with Crippen molar-refractivity contribution in [1.29, 1.82) is 0 Å². The number of nitrogens with one attached hydrogen (secondary N) is 1. The van der Waals surface area contributed by atoms with Crippen LogP contribution in [0.3, 0.4) is 0 Å². The van der Waals surface area contributed by atoms with E-state index < -0.39 is 0 Å². The molecule has 0 aliphatic rings. The van der Waals surface area contributed by atoms with E-state index in [1.54, 1.807) is 42.5 Å². The van der Waals surface area contributed by atoms with Crippen molar-refractivity contribution in [2.75, 3.05) is 5.75 Å². The molecule has 0 saturated heterocycles. The van der Waals surface area contributed by atoms with Crippen LogP contribution in [0, 0.1) is 0 Å². The number of hydrogen-bond acceptors (Lipinski definition) is 4. The zero-order chi connectivity index (χ0) is 19.6. The summed E-state index contributed by atoms with van der Waals surface area (Å²) in [5, 5.41) is 4.49. The molecule has 1 heterocycles. The molecule has 0 bridgehead atoms. The Morgan fingerprint density at radius 2 is 1.81 bits per heavy atom. The van der Waals surface area contributed by atoms with Crippen molar-refractivity contribution in [2.45, 2.75) is 31.5 Å². The SMILES string of the molecule is CC(C)(C)NC(=O)CSc1nc2ccccc2c(=O)n1-c1ccc(Cl)cc1. The zero-order valence-corrected chi connectivity index (χ0v) is 16.9. The Hall–Kier alpha value is -2.31. The number of halogens is 1. The lowest BCUT2D eigenvalue weighted by Crippen LogP contribution is -2.41. The smallest absolute Gasteiger partial charge is 0.266 e. The van der Waals surface area contributed by atoms with Crippen LogP contribution in [0.5, 0.6) is 0 Å². The molecule has 1 aromatic heterocycles. The van der Waals surface area contributed by atoms with Gasteiger partial charge < -0.3 is 5.32 Å². The summed E-state index contributed by atoms with van der Waals surface area (Å²) in [5.41, 5.74) is 0.763. The lowest BCUT2D eigenvalue weighted by atomic mass is 10.1. The third-order valence-electron chi connectivity index (χ3n) is 3.68. The van der Waals surface area contributed by atoms with E-state index in [9.17, 15) is 9.59 Å². The van der Waals surface area contributed by atoms with E-state index in [4.69, 9.17) is 11.6 Å². The van der Waals surface area contributed by atoms with Gasteiger partial charge in [-0.2, -0.15) is 0 Å². The molecule has 0 aliphatic heterocycles. The van der Waals surface area contributed by atoms with Crippen LogP contribution in [0.4, 0.5) is 0 Å². The average molecular weight is 402 g/mol. The molecule has 0 saturated carbocycles. The van der Waals surface area contributed by atoms with Crippen LogP contribution < -0.4 is 10.9 Å². The molecule has 0 radical (unpaired) electrons. The molecule has 0 spiro atoms. The fourth-order valence-corrected chi connectivity index (χ4v) is 3.55. The van der Waals surface area contributed by atoms with E-state index in [-0.39, 0.29) is 22.8 Å². The van der Waals surface area contributed by atoms with Gasteiger partial charge in [-0.3, -0.25) is 14.2 Å². The maximum absolute atomic E-state index is 13.1. The van der Waals surface area contributed by atoms with Gasteiger partial charge >= 0.3 is 0 Å². The molecule has 2 aromatic carbocycles. The average Bonchev–Trinajstić information content (AvgIpc) is 2.60. The quantitative estimate of drug-likeness (QED) is 0.529. The third kappa shape index (κ3) is 4.70. The van der Waals surface area contributed by atoms with Gasteiger partial charge in [-0.15, -0.1) is 0 Å². The van der Waals surface area contributed by atoms with Gasteiger partial charge in [0.05, 0.1) is 22.3 Å². The number of carbonyl (C=O) groups excluding carboxylic acids is 1. The van der Waals surface area contributed by atoms with Crippen LogP contribution >= 0.6 is 23.4 Å². The summed E-state index contributed by atoms with van der Waals surface area (Å²) in [4.78, 5) is 29.9. The molecular formula is C20H20ClN3O2S. The Bertz CT molecular complexity index is 1040. The van der Waals surface area contributed by atoms with Gasteiger partial charge in [-0.25, -0.2) is 4.98 Å². The summed E-state index contributed by atoms with van der Waals surface area (Å²) in [7, 11) is 0. The molecular weight excluding hydrogens is 382 g/mol. The maximum Gasteiger partial charge on any atom is 0.266 e. The van der Waals surface area contributed by atoms with Gasteiger partial charge in [0, 0.05) is 10.6 Å². The van der Waals surface area contributed by atoms with Crippen LogP contribution in [0.25, 0.3) is 16.6 Å². The van der Waals surface area contributed by atoms with Crippen LogP contribution in [0.1, 0.15) is 20.8 Å². The van der Waals surface area contributed by atoms with Crippen LogP contribution in [0.2, 0.25) is 5.02 Å². The lowest BCUT2D eigenvalue weighted by Gasteiger charge is -2.20. The third-order valence-corrected chi connectivity index (χ3v) is 4.87. The van der Waals surface area contributed by atoms with Crippen LogP contribution in [-0.4, -0.2) is 26.8 Å². The zero-order valence-electron chi connectivity index (χ0n) is 15.3. The number of hydrogen-bond donors (Lipinski definition) is 1. The standard InChI is InChI=1S/C20H20ClN3O2S/c1-20(2,3)23-17(25)12-27-19-22-16-7-5-4-6-15(16)18(26)24(19)14-10-8-13(21)9-11-14/h4-11H,12H2,1-3H3,(H,23,25). The van der Waals surface area contributed by atoms with Gasteiger partial charge in [0.1, 0.15) is 0 Å². The van der Waals surface area contributed by atoms with E-state index in [1.807, 2.05) is 26.8 Å². The van der Waals surface area contributed by atoms with Crippen LogP contribution in [0.15, 0.2) is 58.5 Å². The Morgan fingerprint density at radius 1 is 1.15 bits per heavy atom. The predicted octanol–water partition coefficient (Wildman–Crippen LogP) is 4.05. The summed E-state index contributed by atoms with van der Waals surface area (Å²) in [6, 6.07) is 14.2. The normalized spacial score (nSPS) is 11.6. The van der Waals surface area contributed by atoms with E-state index in [1.165, 1.54) is 16.3 Å². The molecule has 0 aliphatic carbocycles. The highest BCUT2D eigenvalue weighted by molar-refractivity contribution is 7.99. The Morgan fingerprint density at radius 3 is 2.48 bits per heavy atom. The Labute approximate surface area is 166 Å². The number of nitrogens with zero attached hydrogens (tertiary/aromatic N) is 2. The maximum atomic E-state index is 13.1. The molecule has 5 nitrogen and oxygen atoms in total. The predicted molar refractivity (Wildman–Crippen MR) is 111 cm³/mol. The largest absolute Gasteiger partial charge is 0.351 e. The van der Waals surface area contributed by atoms with Gasteiger partial charge in [0.15, 0.2) is 5.16 Å². The van der Waals surface area contributed by atoms with Gasteiger partial charge in [0.2, 0.25) is 5.91 Å². The van der Waals surface area contributed by atoms with Crippen molar-refractivity contribution in [3.63, 3.8) is 0 Å². The second-order valence-corrected chi connectivity index (χ2v) is 8.49. The lowest BCUT2D eigenvalue weighted by molar-refractivity contribution is -0.119. The molecule has 27 heavy (non-hydrogen) atoms. The number of benzene rings is 2. The van der Waals surface area contributed by atoms with E-state index in [0.717, 1.165) is 0 Å². The van der Waals surface area contributed by atoms with Crippen molar-refractivity contribution in [3.05, 3.63) is 63.9 Å². The molecule has 3 aromatic rings. The Kier molecular flexibility index (Phi) is 5.58. The fraction of sp³-hybridized carbons (Fsp3) is 0.250. The minimum absolute atomic E-state index is 0.113. The highest BCUT2D eigenvalue weighted by Gasteiger charge is 2.17. The molecule has 140 valence electrons. The first-order valence-electron chi connectivity index (χ1n) is 8.46. The van der Waals surface area contributed by atoms with Gasteiger partial charge in [0.25, 0.3) is 5.56 Å². The topological polar surface area (TPSA) is 64.0 Å². The summed E-state index contributed by atoms with van der Waals surface area (Å²) >= 11 is 7.21. The minimum atomic E-state index is -0.315. The Balaban J connectivity index is 2.04. The van der Waals surface area contributed by atoms with Gasteiger partial charge in [-0.1, -0.05) is 35.5 Å². The first-order valence-corrected chi connectivity index (χ1v) is 9.82. The van der Waals surface area contributed by atoms with E-state index >= 15 is 0 Å². The second-order valence-electron chi connectivity index (χ2n) is 7.12. The first kappa shape index (κ1) is 19.5. The van der Waals surface area contributed by atoms with E-state index in [2.05, 4.69) is 10.3 Å². The molecule has 3 rings (SSSR count). The molecule has 1 N–H and O–H groups in total. The highest BCUT2D eigenvalue weighted by Crippen LogP contribution is 2.22. The number of para-hydroxylation sites is 1.